The molecule has 0 aliphatic heterocycles. The Kier molecular flexibility index (Phi) is 4.23. The molecule has 0 saturated heterocycles. The lowest BCUT2D eigenvalue weighted by atomic mass is 10.1. The van der Waals surface area contributed by atoms with Gasteiger partial charge in [0.05, 0.1) is 5.69 Å². The van der Waals surface area contributed by atoms with Gasteiger partial charge in [-0.1, -0.05) is 13.8 Å². The van der Waals surface area contributed by atoms with Gasteiger partial charge in [-0.2, -0.15) is 5.10 Å². The van der Waals surface area contributed by atoms with E-state index in [9.17, 15) is 0 Å². The van der Waals surface area contributed by atoms with Gasteiger partial charge in [-0.15, -0.1) is 0 Å². The average molecular weight is 217 g/mol. The summed E-state index contributed by atoms with van der Waals surface area (Å²) < 4.78 is 1.87. The lowest BCUT2D eigenvalue weighted by Gasteiger charge is -2.04. The van der Waals surface area contributed by atoms with Crippen molar-refractivity contribution >= 4 is 0 Å². The first kappa shape index (κ1) is 12.4. The number of rotatable bonds is 1. The van der Waals surface area contributed by atoms with E-state index < -0.39 is 0 Å². The second kappa shape index (κ2) is 5.45. The summed E-state index contributed by atoms with van der Waals surface area (Å²) in [5.41, 5.74) is 4.39. The molecule has 0 saturated carbocycles. The zero-order chi connectivity index (χ0) is 12.1. The Hall–Kier alpha value is -1.64. The van der Waals surface area contributed by atoms with Crippen LogP contribution in [-0.2, 0) is 7.05 Å². The minimum absolute atomic E-state index is 1.04. The van der Waals surface area contributed by atoms with Crippen molar-refractivity contribution in [2.24, 2.45) is 7.05 Å². The molecule has 0 aromatic carbocycles. The highest BCUT2D eigenvalue weighted by Crippen LogP contribution is 2.19. The average Bonchev–Trinajstić information content (AvgIpc) is 2.66. The quantitative estimate of drug-likeness (QED) is 0.734. The molecule has 2 aromatic rings. The number of nitrogens with zero attached hydrogens (tertiary/aromatic N) is 3. The van der Waals surface area contributed by atoms with Crippen LogP contribution in [0.4, 0.5) is 0 Å². The Morgan fingerprint density at radius 1 is 1.06 bits per heavy atom. The third kappa shape index (κ3) is 2.69. The number of aromatic nitrogens is 3. The van der Waals surface area contributed by atoms with Crippen molar-refractivity contribution in [1.82, 2.24) is 14.8 Å². The second-order valence-corrected chi connectivity index (χ2v) is 3.48. The standard InChI is InChI=1S/C11H13N3.C2H6/c1-8-6-10(7-9(2)13-8)11-4-5-12-14(11)3;1-2/h4-7H,1-3H3;1-2H3. The summed E-state index contributed by atoms with van der Waals surface area (Å²) in [7, 11) is 1.94. The highest BCUT2D eigenvalue weighted by atomic mass is 15.3. The molecule has 0 amide bonds. The summed E-state index contributed by atoms with van der Waals surface area (Å²) in [6.45, 7) is 8.01. The fourth-order valence-electron chi connectivity index (χ4n) is 1.64. The van der Waals surface area contributed by atoms with Gasteiger partial charge >= 0.3 is 0 Å². The fraction of sp³-hybridized carbons (Fsp3) is 0.385. The van der Waals surface area contributed by atoms with Gasteiger partial charge in [-0.25, -0.2) is 0 Å². The lowest BCUT2D eigenvalue weighted by molar-refractivity contribution is 0.775. The molecule has 0 fully saturated rings. The van der Waals surface area contributed by atoms with Gasteiger partial charge in [0.25, 0.3) is 0 Å². The largest absolute Gasteiger partial charge is 0.268 e. The summed E-state index contributed by atoms with van der Waals surface area (Å²) in [5.74, 6) is 0. The SMILES string of the molecule is CC.Cc1cc(-c2ccnn2C)cc(C)n1. The van der Waals surface area contributed by atoms with Gasteiger partial charge in [-0.05, 0) is 32.0 Å². The maximum Gasteiger partial charge on any atom is 0.0680 e. The zero-order valence-electron chi connectivity index (χ0n) is 10.7. The maximum absolute atomic E-state index is 4.34. The van der Waals surface area contributed by atoms with Crippen molar-refractivity contribution in [1.29, 1.82) is 0 Å². The smallest absolute Gasteiger partial charge is 0.0680 e. The molecule has 0 radical (unpaired) electrons. The van der Waals surface area contributed by atoms with Crippen molar-refractivity contribution in [3.8, 4) is 11.3 Å². The molecule has 2 rings (SSSR count). The molecular formula is C13H19N3. The number of aryl methyl sites for hydroxylation is 3. The van der Waals surface area contributed by atoms with Crippen LogP contribution in [0.2, 0.25) is 0 Å². The van der Waals surface area contributed by atoms with Crippen molar-refractivity contribution in [3.05, 3.63) is 35.8 Å². The lowest BCUT2D eigenvalue weighted by Crippen LogP contribution is -1.95. The van der Waals surface area contributed by atoms with E-state index >= 15 is 0 Å². The van der Waals surface area contributed by atoms with E-state index in [4.69, 9.17) is 0 Å². The normalized spacial score (nSPS) is 9.56. The molecule has 16 heavy (non-hydrogen) atoms. The van der Waals surface area contributed by atoms with Crippen molar-refractivity contribution < 1.29 is 0 Å². The summed E-state index contributed by atoms with van der Waals surface area (Å²) in [5, 5.41) is 4.15. The van der Waals surface area contributed by atoms with Crippen LogP contribution < -0.4 is 0 Å². The van der Waals surface area contributed by atoms with Crippen LogP contribution in [0.15, 0.2) is 24.4 Å². The Morgan fingerprint density at radius 3 is 2.06 bits per heavy atom. The highest BCUT2D eigenvalue weighted by molar-refractivity contribution is 5.59. The van der Waals surface area contributed by atoms with Crippen molar-refractivity contribution in [2.45, 2.75) is 27.7 Å². The van der Waals surface area contributed by atoms with E-state index in [1.165, 1.54) is 5.56 Å². The zero-order valence-corrected chi connectivity index (χ0v) is 10.7. The van der Waals surface area contributed by atoms with Gasteiger partial charge in [0.1, 0.15) is 0 Å². The minimum Gasteiger partial charge on any atom is -0.268 e. The molecule has 0 atom stereocenters. The topological polar surface area (TPSA) is 30.7 Å². The monoisotopic (exact) mass is 217 g/mol. The van der Waals surface area contributed by atoms with E-state index in [1.54, 1.807) is 6.20 Å². The molecule has 0 unspecified atom stereocenters. The molecular weight excluding hydrogens is 198 g/mol. The molecule has 2 aromatic heterocycles. The first-order valence-corrected chi connectivity index (χ1v) is 5.60. The van der Waals surface area contributed by atoms with Crippen molar-refractivity contribution in [3.63, 3.8) is 0 Å². The Bertz CT molecular complexity index is 438. The Morgan fingerprint density at radius 2 is 1.62 bits per heavy atom. The van der Waals surface area contributed by atoms with Crippen LogP contribution in [0.1, 0.15) is 25.2 Å². The van der Waals surface area contributed by atoms with E-state index in [0.717, 1.165) is 17.1 Å². The van der Waals surface area contributed by atoms with Crippen LogP contribution in [0, 0.1) is 13.8 Å². The number of hydrogen-bond donors (Lipinski definition) is 0. The van der Waals surface area contributed by atoms with Gasteiger partial charge in [0, 0.05) is 30.2 Å². The second-order valence-electron chi connectivity index (χ2n) is 3.48. The van der Waals surface area contributed by atoms with E-state index in [-0.39, 0.29) is 0 Å². The molecule has 3 heteroatoms. The van der Waals surface area contributed by atoms with Gasteiger partial charge in [0.15, 0.2) is 0 Å². The van der Waals surface area contributed by atoms with Crippen molar-refractivity contribution in [2.75, 3.05) is 0 Å². The summed E-state index contributed by atoms with van der Waals surface area (Å²) in [6, 6.07) is 6.16. The first-order chi connectivity index (χ1) is 7.66. The third-order valence-corrected chi connectivity index (χ3v) is 2.20. The van der Waals surface area contributed by atoms with Crippen LogP contribution >= 0.6 is 0 Å². The number of hydrogen-bond acceptors (Lipinski definition) is 2. The van der Waals surface area contributed by atoms with Gasteiger partial charge < -0.3 is 0 Å². The van der Waals surface area contributed by atoms with Crippen LogP contribution in [-0.4, -0.2) is 14.8 Å². The minimum atomic E-state index is 1.04. The van der Waals surface area contributed by atoms with Gasteiger partial charge in [0.2, 0.25) is 0 Å². The molecule has 0 bridgehead atoms. The molecule has 3 nitrogen and oxygen atoms in total. The summed E-state index contributed by atoms with van der Waals surface area (Å²) in [4.78, 5) is 4.34. The highest BCUT2D eigenvalue weighted by Gasteiger charge is 2.03. The molecule has 0 aliphatic carbocycles. The van der Waals surface area contributed by atoms with Crippen LogP contribution in [0.3, 0.4) is 0 Å². The molecule has 2 heterocycles. The van der Waals surface area contributed by atoms with Crippen LogP contribution in [0.5, 0.6) is 0 Å². The number of pyridine rings is 1. The van der Waals surface area contributed by atoms with E-state index in [1.807, 2.05) is 45.5 Å². The fourth-order valence-corrected chi connectivity index (χ4v) is 1.64. The Balaban J connectivity index is 0.000000606. The van der Waals surface area contributed by atoms with Gasteiger partial charge in [-0.3, -0.25) is 9.67 Å². The summed E-state index contributed by atoms with van der Waals surface area (Å²) in [6.07, 6.45) is 1.81. The predicted molar refractivity (Wildman–Crippen MR) is 67.3 cm³/mol. The summed E-state index contributed by atoms with van der Waals surface area (Å²) >= 11 is 0. The molecule has 0 aliphatic rings. The molecule has 86 valence electrons. The predicted octanol–water partition coefficient (Wildman–Crippen LogP) is 3.13. The first-order valence-electron chi connectivity index (χ1n) is 5.60. The molecule has 0 N–H and O–H groups in total. The molecule has 0 spiro atoms. The maximum atomic E-state index is 4.34. The van der Waals surface area contributed by atoms with E-state index in [2.05, 4.69) is 22.2 Å². The van der Waals surface area contributed by atoms with Crippen LogP contribution in [0.25, 0.3) is 11.3 Å². The Labute approximate surface area is 97.1 Å². The van der Waals surface area contributed by atoms with E-state index in [0.29, 0.717) is 0 Å². The third-order valence-electron chi connectivity index (χ3n) is 2.20.